The molecule has 1 aliphatic rings. The van der Waals surface area contributed by atoms with Crippen LogP contribution in [-0.2, 0) is 4.79 Å². The summed E-state index contributed by atoms with van der Waals surface area (Å²) in [5, 5.41) is 13.8. The highest BCUT2D eigenvalue weighted by Crippen LogP contribution is 2.26. The quantitative estimate of drug-likeness (QED) is 0.388. The third kappa shape index (κ3) is 5.24. The Balaban J connectivity index is 1.13. The van der Waals surface area contributed by atoms with Crippen LogP contribution in [0.3, 0.4) is 0 Å². The molecule has 1 aliphatic heterocycles. The number of thioether (sulfide) groups is 1. The van der Waals surface area contributed by atoms with E-state index in [1.54, 1.807) is 0 Å². The summed E-state index contributed by atoms with van der Waals surface area (Å²) in [5.41, 5.74) is 2.83. The monoisotopic (exact) mass is 473 g/mol. The predicted octanol–water partition coefficient (Wildman–Crippen LogP) is 4.76. The fourth-order valence-corrected chi connectivity index (χ4v) is 4.67. The predicted molar refractivity (Wildman–Crippen MR) is 137 cm³/mol. The van der Waals surface area contributed by atoms with Gasteiger partial charge in [0.05, 0.1) is 5.75 Å². The van der Waals surface area contributed by atoms with E-state index >= 15 is 0 Å². The number of benzene rings is 3. The molecule has 0 unspecified atom stereocenters. The van der Waals surface area contributed by atoms with Gasteiger partial charge in [-0.15, -0.1) is 10.2 Å². The molecule has 8 heteroatoms. The fourth-order valence-electron chi connectivity index (χ4n) is 4.11. The second-order valence-corrected chi connectivity index (χ2v) is 9.17. The molecule has 1 aromatic heterocycles. The Morgan fingerprint density at radius 1 is 0.971 bits per heavy atom. The second-order valence-electron chi connectivity index (χ2n) is 8.24. The first-order chi connectivity index (χ1) is 16.7. The Kier molecular flexibility index (Phi) is 6.78. The van der Waals surface area contributed by atoms with E-state index in [2.05, 4.69) is 50.4 Å². The van der Waals surface area contributed by atoms with Crippen molar-refractivity contribution in [2.75, 3.05) is 48.7 Å². The van der Waals surface area contributed by atoms with E-state index in [9.17, 15) is 4.79 Å². The summed E-state index contributed by atoms with van der Waals surface area (Å²) >= 11 is 1.23. The summed E-state index contributed by atoms with van der Waals surface area (Å²) in [6.45, 7) is 7.54. The normalized spacial score (nSPS) is 14.4. The van der Waals surface area contributed by atoms with Gasteiger partial charge < -0.3 is 19.5 Å². The van der Waals surface area contributed by atoms with Gasteiger partial charge in [0, 0.05) is 43.1 Å². The van der Waals surface area contributed by atoms with Gasteiger partial charge in [0.25, 0.3) is 5.22 Å². The Morgan fingerprint density at radius 3 is 2.50 bits per heavy atom. The van der Waals surface area contributed by atoms with Crippen LogP contribution in [0.4, 0.5) is 11.4 Å². The molecule has 0 saturated carbocycles. The lowest BCUT2D eigenvalue weighted by atomic mass is 10.1. The van der Waals surface area contributed by atoms with Crippen LogP contribution in [-0.4, -0.2) is 59.5 Å². The number of rotatable bonds is 7. The Bertz CT molecular complexity index is 1270. The summed E-state index contributed by atoms with van der Waals surface area (Å²) in [5.74, 6) is 0.531. The molecule has 5 rings (SSSR count). The van der Waals surface area contributed by atoms with Gasteiger partial charge in [0.2, 0.25) is 11.8 Å². The van der Waals surface area contributed by atoms with Gasteiger partial charge in [-0.2, -0.15) is 0 Å². The van der Waals surface area contributed by atoms with Crippen LogP contribution in [0.15, 0.2) is 76.4 Å². The smallest absolute Gasteiger partial charge is 0.277 e. The lowest BCUT2D eigenvalue weighted by Gasteiger charge is -2.35. The van der Waals surface area contributed by atoms with E-state index in [0.29, 0.717) is 11.1 Å². The zero-order chi connectivity index (χ0) is 23.3. The van der Waals surface area contributed by atoms with E-state index in [4.69, 9.17) is 4.42 Å². The van der Waals surface area contributed by atoms with Crippen molar-refractivity contribution in [2.24, 2.45) is 0 Å². The molecular weight excluding hydrogens is 446 g/mol. The molecule has 1 amide bonds. The molecule has 2 heterocycles. The number of piperazine rings is 1. The number of hydrogen-bond donors (Lipinski definition) is 1. The van der Waals surface area contributed by atoms with Crippen LogP contribution in [0.25, 0.3) is 22.2 Å². The van der Waals surface area contributed by atoms with E-state index in [1.165, 1.54) is 17.4 Å². The lowest BCUT2D eigenvalue weighted by Crippen LogP contribution is -2.46. The first-order valence-corrected chi connectivity index (χ1v) is 12.5. The van der Waals surface area contributed by atoms with Crippen molar-refractivity contribution in [3.63, 3.8) is 0 Å². The third-order valence-corrected chi connectivity index (χ3v) is 6.88. The highest BCUT2D eigenvalue weighted by molar-refractivity contribution is 7.99. The SMILES string of the molecule is CCN1CCN(c2ccc(NC(=O)CSc3nnc(-c4ccc5ccccc5c4)o3)cc2)CC1. The number of amides is 1. The third-order valence-electron chi connectivity index (χ3n) is 6.07. The van der Waals surface area contributed by atoms with Crippen molar-refractivity contribution >= 4 is 39.8 Å². The molecule has 0 radical (unpaired) electrons. The van der Waals surface area contributed by atoms with Crippen LogP contribution in [0, 0.1) is 0 Å². The van der Waals surface area contributed by atoms with Gasteiger partial charge in [-0.05, 0) is 53.7 Å². The average Bonchev–Trinajstić information content (AvgIpc) is 3.37. The van der Waals surface area contributed by atoms with E-state index in [-0.39, 0.29) is 11.7 Å². The Labute approximate surface area is 203 Å². The molecule has 1 N–H and O–H groups in total. The van der Waals surface area contributed by atoms with Crippen molar-refractivity contribution < 1.29 is 9.21 Å². The van der Waals surface area contributed by atoms with Crippen LogP contribution in [0.2, 0.25) is 0 Å². The molecule has 7 nitrogen and oxygen atoms in total. The first kappa shape index (κ1) is 22.4. The van der Waals surface area contributed by atoms with Crippen LogP contribution in [0.1, 0.15) is 6.92 Å². The van der Waals surface area contributed by atoms with Gasteiger partial charge in [0.15, 0.2) is 0 Å². The van der Waals surface area contributed by atoms with Gasteiger partial charge >= 0.3 is 0 Å². The van der Waals surface area contributed by atoms with Crippen LogP contribution >= 0.6 is 11.8 Å². The maximum Gasteiger partial charge on any atom is 0.277 e. The van der Waals surface area contributed by atoms with Crippen molar-refractivity contribution in [3.05, 3.63) is 66.7 Å². The Morgan fingerprint density at radius 2 is 1.74 bits per heavy atom. The number of hydrogen-bond acceptors (Lipinski definition) is 7. The standard InChI is InChI=1S/C26H27N5O2S/c1-2-30-13-15-31(16-14-30)23-11-9-22(10-12-23)27-24(32)18-34-26-29-28-25(33-26)21-8-7-19-5-3-4-6-20(19)17-21/h3-12,17H,2,13-16,18H2,1H3,(H,27,32). The number of carbonyl (C=O) groups excluding carboxylic acids is 1. The zero-order valence-electron chi connectivity index (χ0n) is 19.1. The first-order valence-electron chi connectivity index (χ1n) is 11.5. The topological polar surface area (TPSA) is 74.5 Å². The van der Waals surface area contributed by atoms with E-state index in [0.717, 1.165) is 54.7 Å². The number of carbonyl (C=O) groups is 1. The van der Waals surface area contributed by atoms with Crippen LogP contribution < -0.4 is 10.2 Å². The van der Waals surface area contributed by atoms with Gasteiger partial charge in [-0.3, -0.25) is 4.79 Å². The molecule has 1 saturated heterocycles. The molecule has 34 heavy (non-hydrogen) atoms. The molecule has 3 aromatic carbocycles. The number of aromatic nitrogens is 2. The minimum atomic E-state index is -0.111. The highest BCUT2D eigenvalue weighted by atomic mass is 32.2. The lowest BCUT2D eigenvalue weighted by molar-refractivity contribution is -0.113. The fraction of sp³-hybridized carbons (Fsp3) is 0.269. The number of nitrogens with zero attached hydrogens (tertiary/aromatic N) is 4. The molecule has 0 spiro atoms. The largest absolute Gasteiger partial charge is 0.411 e. The molecule has 0 atom stereocenters. The van der Waals surface area contributed by atoms with E-state index in [1.807, 2.05) is 48.5 Å². The maximum atomic E-state index is 12.4. The number of likely N-dealkylation sites (N-methyl/N-ethyl adjacent to an activating group) is 1. The Hall–Kier alpha value is -3.36. The number of nitrogens with one attached hydrogen (secondary N) is 1. The molecule has 174 valence electrons. The summed E-state index contributed by atoms with van der Waals surface area (Å²) in [6, 6.07) is 22.2. The summed E-state index contributed by atoms with van der Waals surface area (Å²) in [4.78, 5) is 17.3. The molecule has 0 bridgehead atoms. The number of anilines is 2. The molecule has 4 aromatic rings. The summed E-state index contributed by atoms with van der Waals surface area (Å²) < 4.78 is 5.77. The number of fused-ring (bicyclic) bond motifs is 1. The van der Waals surface area contributed by atoms with E-state index < -0.39 is 0 Å². The maximum absolute atomic E-state index is 12.4. The molecule has 0 aliphatic carbocycles. The minimum absolute atomic E-state index is 0.111. The molecular formula is C26H27N5O2S. The summed E-state index contributed by atoms with van der Waals surface area (Å²) in [7, 11) is 0. The van der Waals surface area contributed by atoms with Gasteiger partial charge in [-0.1, -0.05) is 49.0 Å². The van der Waals surface area contributed by atoms with Crippen molar-refractivity contribution in [1.82, 2.24) is 15.1 Å². The van der Waals surface area contributed by atoms with Crippen molar-refractivity contribution in [2.45, 2.75) is 12.1 Å². The highest BCUT2D eigenvalue weighted by Gasteiger charge is 2.16. The second kappa shape index (κ2) is 10.3. The van der Waals surface area contributed by atoms with Gasteiger partial charge in [0.1, 0.15) is 0 Å². The minimum Gasteiger partial charge on any atom is -0.411 e. The molecule has 1 fully saturated rings. The van der Waals surface area contributed by atoms with Crippen molar-refractivity contribution in [1.29, 1.82) is 0 Å². The average molecular weight is 474 g/mol. The van der Waals surface area contributed by atoms with Gasteiger partial charge in [-0.25, -0.2) is 0 Å². The zero-order valence-corrected chi connectivity index (χ0v) is 19.9. The van der Waals surface area contributed by atoms with Crippen molar-refractivity contribution in [3.8, 4) is 11.5 Å². The summed E-state index contributed by atoms with van der Waals surface area (Å²) in [6.07, 6.45) is 0. The van der Waals surface area contributed by atoms with Crippen LogP contribution in [0.5, 0.6) is 0 Å².